The Balaban J connectivity index is 2.51. The summed E-state index contributed by atoms with van der Waals surface area (Å²) in [6, 6.07) is 0. The van der Waals surface area contributed by atoms with E-state index in [1.54, 1.807) is 20.1 Å². The van der Waals surface area contributed by atoms with Crippen molar-refractivity contribution in [3.8, 4) is 0 Å². The highest BCUT2D eigenvalue weighted by atomic mass is 16.5. The maximum Gasteiger partial charge on any atom is 0.158 e. The molecular formula is C16H21NO3. The molecule has 2 rings (SSSR count). The Morgan fingerprint density at radius 1 is 1.15 bits per heavy atom. The molecule has 0 fully saturated rings. The van der Waals surface area contributed by atoms with E-state index in [2.05, 4.69) is 5.32 Å². The molecule has 0 radical (unpaired) electrons. The minimum Gasteiger partial charge on any atom is -0.497 e. The molecule has 1 N–H and O–H groups in total. The van der Waals surface area contributed by atoms with Gasteiger partial charge in [0.15, 0.2) is 11.6 Å². The summed E-state index contributed by atoms with van der Waals surface area (Å²) in [5.41, 5.74) is 2.98. The number of allylic oxidation sites excluding steroid dienone is 3. The third kappa shape index (κ3) is 2.55. The second-order valence-corrected chi connectivity index (χ2v) is 5.42. The van der Waals surface area contributed by atoms with E-state index in [-0.39, 0.29) is 23.6 Å². The van der Waals surface area contributed by atoms with Crippen LogP contribution in [0, 0.1) is 5.92 Å². The van der Waals surface area contributed by atoms with Crippen molar-refractivity contribution < 1.29 is 14.3 Å². The molecule has 0 aliphatic carbocycles. The minimum absolute atomic E-state index is 0.00981. The number of ketones is 2. The summed E-state index contributed by atoms with van der Waals surface area (Å²) < 4.78 is 5.69. The summed E-state index contributed by atoms with van der Waals surface area (Å²) in [4.78, 5) is 24.1. The molecule has 0 saturated carbocycles. The lowest BCUT2D eigenvalue weighted by Gasteiger charge is -2.35. The smallest absolute Gasteiger partial charge is 0.158 e. The Bertz CT molecular complexity index is 504. The first-order valence-electron chi connectivity index (χ1n) is 6.94. The number of hydrogen-bond donors (Lipinski definition) is 1. The quantitative estimate of drug-likeness (QED) is 0.860. The molecule has 2 heterocycles. The first-order chi connectivity index (χ1) is 9.43. The van der Waals surface area contributed by atoms with Crippen molar-refractivity contribution in [1.82, 2.24) is 5.32 Å². The van der Waals surface area contributed by atoms with Crippen molar-refractivity contribution in [2.75, 3.05) is 0 Å². The fraction of sp³-hybridized carbons (Fsp3) is 0.500. The number of carbonyl (C=O) groups is 2. The molecule has 4 heteroatoms. The largest absolute Gasteiger partial charge is 0.497 e. The van der Waals surface area contributed by atoms with Gasteiger partial charge in [-0.2, -0.15) is 0 Å². The molecular weight excluding hydrogens is 254 g/mol. The third-order valence-corrected chi connectivity index (χ3v) is 3.90. The van der Waals surface area contributed by atoms with Crippen molar-refractivity contribution in [3.05, 3.63) is 34.9 Å². The molecule has 0 aromatic rings. The second-order valence-electron chi connectivity index (χ2n) is 5.42. The molecule has 2 aliphatic heterocycles. The monoisotopic (exact) mass is 275 g/mol. The molecule has 20 heavy (non-hydrogen) atoms. The van der Waals surface area contributed by atoms with Crippen molar-refractivity contribution in [2.24, 2.45) is 5.92 Å². The fourth-order valence-electron chi connectivity index (χ4n) is 3.16. The van der Waals surface area contributed by atoms with Gasteiger partial charge in [0.05, 0.1) is 12.2 Å². The van der Waals surface area contributed by atoms with Crippen LogP contribution in [0.25, 0.3) is 0 Å². The zero-order valence-electron chi connectivity index (χ0n) is 12.4. The predicted molar refractivity (Wildman–Crippen MR) is 76.6 cm³/mol. The first kappa shape index (κ1) is 14.6. The van der Waals surface area contributed by atoms with Gasteiger partial charge in [-0.05, 0) is 46.6 Å². The van der Waals surface area contributed by atoms with E-state index in [9.17, 15) is 9.59 Å². The average Bonchev–Trinajstić information content (AvgIpc) is 2.37. The lowest BCUT2D eigenvalue weighted by atomic mass is 9.77. The van der Waals surface area contributed by atoms with Crippen LogP contribution in [0.3, 0.4) is 0 Å². The summed E-state index contributed by atoms with van der Waals surface area (Å²) in [5, 5.41) is 3.16. The summed E-state index contributed by atoms with van der Waals surface area (Å²) >= 11 is 0. The van der Waals surface area contributed by atoms with Crippen LogP contribution in [0.15, 0.2) is 34.9 Å². The number of nitrogens with one attached hydrogen (secondary N) is 1. The average molecular weight is 275 g/mol. The molecule has 1 unspecified atom stereocenters. The molecule has 108 valence electrons. The Labute approximate surface area is 119 Å². The molecule has 4 nitrogen and oxygen atoms in total. The second kappa shape index (κ2) is 5.65. The lowest BCUT2D eigenvalue weighted by Crippen LogP contribution is -2.38. The zero-order chi connectivity index (χ0) is 14.9. The van der Waals surface area contributed by atoms with E-state index in [1.165, 1.54) is 0 Å². The van der Waals surface area contributed by atoms with Crippen LogP contribution in [0.4, 0.5) is 0 Å². The minimum atomic E-state index is -0.267. The topological polar surface area (TPSA) is 55.4 Å². The van der Waals surface area contributed by atoms with Crippen molar-refractivity contribution >= 4 is 11.6 Å². The van der Waals surface area contributed by atoms with Gasteiger partial charge in [0.25, 0.3) is 0 Å². The van der Waals surface area contributed by atoms with Gasteiger partial charge in [0.1, 0.15) is 6.10 Å². The van der Waals surface area contributed by atoms with E-state index < -0.39 is 0 Å². The van der Waals surface area contributed by atoms with Crippen LogP contribution in [0.5, 0.6) is 0 Å². The van der Waals surface area contributed by atoms with Gasteiger partial charge < -0.3 is 10.1 Å². The third-order valence-electron chi connectivity index (χ3n) is 3.90. The number of carbonyl (C=O) groups excluding carboxylic acids is 2. The highest BCUT2D eigenvalue weighted by Gasteiger charge is 2.38. The Kier molecular flexibility index (Phi) is 4.12. The maximum atomic E-state index is 12.0. The molecule has 0 bridgehead atoms. The van der Waals surface area contributed by atoms with Crippen LogP contribution >= 0.6 is 0 Å². The van der Waals surface area contributed by atoms with Crippen LogP contribution in [-0.4, -0.2) is 17.7 Å². The highest BCUT2D eigenvalue weighted by Crippen LogP contribution is 2.37. The Hall–Kier alpha value is -1.84. The van der Waals surface area contributed by atoms with Gasteiger partial charge in [-0.25, -0.2) is 0 Å². The van der Waals surface area contributed by atoms with Crippen molar-refractivity contribution in [3.63, 3.8) is 0 Å². The van der Waals surface area contributed by atoms with Crippen LogP contribution in [0.1, 0.15) is 40.5 Å². The van der Waals surface area contributed by atoms with Crippen LogP contribution in [0.2, 0.25) is 0 Å². The molecule has 0 aromatic carbocycles. The van der Waals surface area contributed by atoms with Crippen LogP contribution < -0.4 is 5.32 Å². The molecule has 0 saturated heterocycles. The van der Waals surface area contributed by atoms with E-state index >= 15 is 0 Å². The van der Waals surface area contributed by atoms with Gasteiger partial charge in [0.2, 0.25) is 0 Å². The summed E-state index contributed by atoms with van der Waals surface area (Å²) in [6.45, 7) is 6.85. The highest BCUT2D eigenvalue weighted by molar-refractivity contribution is 6.02. The first-order valence-corrected chi connectivity index (χ1v) is 6.94. The van der Waals surface area contributed by atoms with Gasteiger partial charge in [-0.15, -0.1) is 0 Å². The Morgan fingerprint density at radius 3 is 2.10 bits per heavy atom. The Morgan fingerprint density at radius 2 is 1.70 bits per heavy atom. The summed E-state index contributed by atoms with van der Waals surface area (Å²) in [6.07, 6.45) is 5.21. The zero-order valence-corrected chi connectivity index (χ0v) is 12.4. The van der Waals surface area contributed by atoms with Gasteiger partial charge in [-0.3, -0.25) is 9.59 Å². The molecule has 0 spiro atoms. The summed E-state index contributed by atoms with van der Waals surface area (Å²) in [5.74, 6) is -0.287. The number of ether oxygens (including phenoxy) is 1. The van der Waals surface area contributed by atoms with Gasteiger partial charge in [-0.1, -0.05) is 0 Å². The SMILES string of the molecule is CC(=O)C1=C(C)NC(C)=C(C(C)=O)C1C1CCC=CO1. The maximum absolute atomic E-state index is 12.0. The molecule has 2 aliphatic rings. The van der Waals surface area contributed by atoms with E-state index in [4.69, 9.17) is 4.74 Å². The summed E-state index contributed by atoms with van der Waals surface area (Å²) in [7, 11) is 0. The van der Waals surface area contributed by atoms with Crippen molar-refractivity contribution in [1.29, 1.82) is 0 Å². The van der Waals surface area contributed by atoms with Crippen LogP contribution in [-0.2, 0) is 14.3 Å². The number of hydrogen-bond acceptors (Lipinski definition) is 4. The number of Topliss-reactive ketones (excluding diaryl/α,β-unsaturated/α-hetero) is 2. The molecule has 1 atom stereocenters. The standard InChI is InChI=1S/C16H21NO3/c1-9-14(11(3)18)16(13-7-5-6-8-20-13)15(12(4)19)10(2)17-9/h6,8,13,16-17H,5,7H2,1-4H3. The van der Waals surface area contributed by atoms with Crippen molar-refractivity contribution in [2.45, 2.75) is 46.6 Å². The van der Waals surface area contributed by atoms with Gasteiger partial charge in [0, 0.05) is 22.5 Å². The van der Waals surface area contributed by atoms with E-state index in [0.717, 1.165) is 24.2 Å². The number of rotatable bonds is 3. The molecule has 0 amide bonds. The van der Waals surface area contributed by atoms with E-state index in [0.29, 0.717) is 11.1 Å². The lowest BCUT2D eigenvalue weighted by molar-refractivity contribution is -0.115. The normalized spacial score (nSPS) is 23.5. The number of dihydropyridines is 1. The predicted octanol–water partition coefficient (Wildman–Crippen LogP) is 2.62. The fourth-order valence-corrected chi connectivity index (χ4v) is 3.16. The van der Waals surface area contributed by atoms with E-state index in [1.807, 2.05) is 19.9 Å². The van der Waals surface area contributed by atoms with Gasteiger partial charge >= 0.3 is 0 Å². The molecule has 0 aromatic heterocycles.